The van der Waals surface area contributed by atoms with E-state index in [1.165, 1.54) is 5.56 Å². The van der Waals surface area contributed by atoms with Crippen LogP contribution in [0.1, 0.15) is 12.0 Å². The molecule has 0 aromatic heterocycles. The average Bonchev–Trinajstić information content (AvgIpc) is 2.28. The molecular weight excluding hydrogens is 198 g/mol. The Balaban J connectivity index is 1.95. The fourth-order valence-corrected chi connectivity index (χ4v) is 2.08. The highest BCUT2D eigenvalue weighted by Crippen LogP contribution is 2.35. The molecule has 0 saturated carbocycles. The molecule has 0 unspecified atom stereocenters. The maximum absolute atomic E-state index is 5.38. The van der Waals surface area contributed by atoms with Crippen LogP contribution in [0.15, 0.2) is 30.3 Å². The van der Waals surface area contributed by atoms with Gasteiger partial charge in [-0.3, -0.25) is 0 Å². The summed E-state index contributed by atoms with van der Waals surface area (Å²) in [5, 5.41) is 3.24. The molecular formula is C14H17NO. The van der Waals surface area contributed by atoms with Crippen molar-refractivity contribution in [2.45, 2.75) is 11.8 Å². The third-order valence-corrected chi connectivity index (χ3v) is 3.15. The number of rotatable bonds is 5. The molecule has 1 aliphatic rings. The molecule has 1 aliphatic heterocycles. The number of hydrogen-bond acceptors (Lipinski definition) is 2. The number of terminal acetylenes is 1. The lowest BCUT2D eigenvalue weighted by molar-refractivity contribution is -0.0638. The molecule has 0 aliphatic carbocycles. The number of ether oxygens (including phenoxy) is 1. The molecule has 0 radical (unpaired) electrons. The molecule has 0 spiro atoms. The Hall–Kier alpha value is -1.30. The molecule has 1 heterocycles. The van der Waals surface area contributed by atoms with E-state index < -0.39 is 0 Å². The summed E-state index contributed by atoms with van der Waals surface area (Å²) in [6, 6.07) is 10.6. The van der Waals surface area contributed by atoms with E-state index in [1.54, 1.807) is 0 Å². The first-order valence-electron chi connectivity index (χ1n) is 5.65. The van der Waals surface area contributed by atoms with E-state index in [0.29, 0.717) is 6.54 Å². The van der Waals surface area contributed by atoms with Crippen LogP contribution in [0, 0.1) is 12.3 Å². The van der Waals surface area contributed by atoms with Crippen LogP contribution in [0.2, 0.25) is 0 Å². The summed E-state index contributed by atoms with van der Waals surface area (Å²) in [6.07, 6.45) is 6.28. The zero-order chi connectivity index (χ0) is 11.3. The highest BCUT2D eigenvalue weighted by molar-refractivity contribution is 5.27. The van der Waals surface area contributed by atoms with Gasteiger partial charge in [-0.05, 0) is 18.5 Å². The summed E-state index contributed by atoms with van der Waals surface area (Å²) in [5.41, 5.74) is 1.59. The lowest BCUT2D eigenvalue weighted by atomic mass is 9.76. The molecule has 2 rings (SSSR count). The van der Waals surface area contributed by atoms with Gasteiger partial charge >= 0.3 is 0 Å². The van der Waals surface area contributed by atoms with Crippen molar-refractivity contribution >= 4 is 0 Å². The monoisotopic (exact) mass is 215 g/mol. The normalized spacial score (nSPS) is 17.4. The minimum Gasteiger partial charge on any atom is -0.379 e. The molecule has 2 nitrogen and oxygen atoms in total. The molecule has 84 valence electrons. The van der Waals surface area contributed by atoms with E-state index in [1.807, 2.05) is 6.07 Å². The van der Waals surface area contributed by atoms with E-state index in [2.05, 4.69) is 35.5 Å². The Morgan fingerprint density at radius 3 is 2.62 bits per heavy atom. The van der Waals surface area contributed by atoms with Gasteiger partial charge in [0.05, 0.1) is 19.8 Å². The van der Waals surface area contributed by atoms with Crippen molar-refractivity contribution in [3.05, 3.63) is 35.9 Å². The summed E-state index contributed by atoms with van der Waals surface area (Å²) in [6.45, 7) is 3.25. The lowest BCUT2D eigenvalue weighted by Crippen LogP contribution is -2.48. The minimum atomic E-state index is 0.211. The van der Waals surface area contributed by atoms with Crippen molar-refractivity contribution < 1.29 is 4.74 Å². The van der Waals surface area contributed by atoms with Gasteiger partial charge in [0, 0.05) is 5.41 Å². The fraction of sp³-hybridized carbons (Fsp3) is 0.429. The Morgan fingerprint density at radius 2 is 2.06 bits per heavy atom. The maximum Gasteiger partial charge on any atom is 0.0586 e. The molecule has 1 saturated heterocycles. The summed E-state index contributed by atoms with van der Waals surface area (Å²) >= 11 is 0. The molecule has 0 bridgehead atoms. The second-order valence-corrected chi connectivity index (χ2v) is 4.27. The molecule has 0 atom stereocenters. The Morgan fingerprint density at radius 1 is 1.31 bits per heavy atom. The van der Waals surface area contributed by atoms with E-state index in [-0.39, 0.29) is 5.41 Å². The summed E-state index contributed by atoms with van der Waals surface area (Å²) in [7, 11) is 0. The first-order valence-corrected chi connectivity index (χ1v) is 5.65. The van der Waals surface area contributed by atoms with Crippen LogP contribution in [0.3, 0.4) is 0 Å². The molecule has 1 aromatic rings. The van der Waals surface area contributed by atoms with Gasteiger partial charge in [0.1, 0.15) is 0 Å². The smallest absolute Gasteiger partial charge is 0.0586 e. The SMILES string of the molecule is C#CCNCCC1(c2ccccc2)COC1. The summed E-state index contributed by atoms with van der Waals surface area (Å²) < 4.78 is 5.38. The third-order valence-electron chi connectivity index (χ3n) is 3.15. The van der Waals surface area contributed by atoms with Crippen LogP contribution < -0.4 is 5.32 Å². The van der Waals surface area contributed by atoms with Crippen LogP contribution in [0.4, 0.5) is 0 Å². The number of nitrogens with one attached hydrogen (secondary N) is 1. The van der Waals surface area contributed by atoms with Crippen LogP contribution >= 0.6 is 0 Å². The van der Waals surface area contributed by atoms with E-state index in [9.17, 15) is 0 Å². The van der Waals surface area contributed by atoms with Gasteiger partial charge in [0.25, 0.3) is 0 Å². The van der Waals surface area contributed by atoms with Gasteiger partial charge < -0.3 is 10.1 Å². The van der Waals surface area contributed by atoms with Crippen molar-refractivity contribution in [2.75, 3.05) is 26.3 Å². The minimum absolute atomic E-state index is 0.211. The predicted octanol–water partition coefficient (Wildman–Crippen LogP) is 1.57. The van der Waals surface area contributed by atoms with Crippen molar-refractivity contribution in [3.63, 3.8) is 0 Å². The molecule has 1 N–H and O–H groups in total. The first-order chi connectivity index (χ1) is 7.87. The highest BCUT2D eigenvalue weighted by atomic mass is 16.5. The lowest BCUT2D eigenvalue weighted by Gasteiger charge is -2.42. The topological polar surface area (TPSA) is 21.3 Å². The molecule has 1 aromatic carbocycles. The standard InChI is InChI=1S/C14H17NO/c1-2-9-15-10-8-14(11-16-12-14)13-6-4-3-5-7-13/h1,3-7,15H,8-12H2. The zero-order valence-corrected chi connectivity index (χ0v) is 9.41. The van der Waals surface area contributed by atoms with Gasteiger partial charge in [0.15, 0.2) is 0 Å². The van der Waals surface area contributed by atoms with Crippen molar-refractivity contribution in [2.24, 2.45) is 0 Å². The number of hydrogen-bond donors (Lipinski definition) is 1. The largest absolute Gasteiger partial charge is 0.379 e. The van der Waals surface area contributed by atoms with E-state index in [4.69, 9.17) is 11.2 Å². The van der Waals surface area contributed by atoms with Crippen LogP contribution in [0.5, 0.6) is 0 Å². The van der Waals surface area contributed by atoms with Crippen LogP contribution in [-0.2, 0) is 10.2 Å². The third kappa shape index (κ3) is 2.27. The summed E-state index contributed by atoms with van der Waals surface area (Å²) in [5.74, 6) is 2.59. The maximum atomic E-state index is 5.38. The summed E-state index contributed by atoms with van der Waals surface area (Å²) in [4.78, 5) is 0. The second-order valence-electron chi connectivity index (χ2n) is 4.27. The van der Waals surface area contributed by atoms with Crippen LogP contribution in [0.25, 0.3) is 0 Å². The molecule has 0 amide bonds. The van der Waals surface area contributed by atoms with E-state index in [0.717, 1.165) is 26.2 Å². The fourth-order valence-electron chi connectivity index (χ4n) is 2.08. The van der Waals surface area contributed by atoms with Gasteiger partial charge in [0.2, 0.25) is 0 Å². The van der Waals surface area contributed by atoms with Crippen LogP contribution in [-0.4, -0.2) is 26.3 Å². The first kappa shape index (κ1) is 11.2. The van der Waals surface area contributed by atoms with Crippen molar-refractivity contribution in [1.29, 1.82) is 0 Å². The second kappa shape index (κ2) is 5.16. The van der Waals surface area contributed by atoms with Gasteiger partial charge in [-0.25, -0.2) is 0 Å². The van der Waals surface area contributed by atoms with Crippen molar-refractivity contribution in [1.82, 2.24) is 5.32 Å². The average molecular weight is 215 g/mol. The quantitative estimate of drug-likeness (QED) is 0.594. The molecule has 16 heavy (non-hydrogen) atoms. The van der Waals surface area contributed by atoms with Gasteiger partial charge in [-0.15, -0.1) is 6.42 Å². The highest BCUT2D eigenvalue weighted by Gasteiger charge is 2.39. The Bertz CT molecular complexity index is 362. The zero-order valence-electron chi connectivity index (χ0n) is 9.41. The van der Waals surface area contributed by atoms with Gasteiger partial charge in [-0.2, -0.15) is 0 Å². The number of benzene rings is 1. The van der Waals surface area contributed by atoms with Crippen molar-refractivity contribution in [3.8, 4) is 12.3 Å². The van der Waals surface area contributed by atoms with E-state index >= 15 is 0 Å². The Labute approximate surface area is 97.0 Å². The Kier molecular flexibility index (Phi) is 3.61. The molecule has 2 heteroatoms. The van der Waals surface area contributed by atoms with Gasteiger partial charge in [-0.1, -0.05) is 36.3 Å². The predicted molar refractivity (Wildman–Crippen MR) is 65.3 cm³/mol. The molecule has 1 fully saturated rings.